The summed E-state index contributed by atoms with van der Waals surface area (Å²) < 4.78 is 39.8. The number of benzene rings is 1. The van der Waals surface area contributed by atoms with Crippen molar-refractivity contribution in [1.29, 1.82) is 0 Å². The third-order valence-corrected chi connectivity index (χ3v) is 4.95. The van der Waals surface area contributed by atoms with Crippen molar-refractivity contribution in [3.8, 4) is 0 Å². The minimum Gasteiger partial charge on any atom is -0.396 e. The molecule has 1 unspecified atom stereocenters. The van der Waals surface area contributed by atoms with Crippen molar-refractivity contribution < 1.29 is 17.9 Å². The average Bonchev–Trinajstić information content (AvgIpc) is 2.33. The molecule has 0 fully saturated rings. The van der Waals surface area contributed by atoms with E-state index in [0.29, 0.717) is 6.42 Å². The highest BCUT2D eigenvalue weighted by Gasteiger charge is 2.30. The van der Waals surface area contributed by atoms with Gasteiger partial charge in [-0.25, -0.2) is 17.5 Å². The summed E-state index contributed by atoms with van der Waals surface area (Å²) in [5.41, 5.74) is 4.00. The Kier molecular flexibility index (Phi) is 4.78. The van der Waals surface area contributed by atoms with Crippen LogP contribution in [0.4, 0.5) is 10.1 Å². The molecule has 4 N–H and O–H groups in total. The molecule has 0 saturated heterocycles. The minimum atomic E-state index is -4.00. The first-order valence-corrected chi connectivity index (χ1v) is 7.40. The smallest absolute Gasteiger partial charge is 0.242 e. The highest BCUT2D eigenvalue weighted by atomic mass is 35.5. The highest BCUT2D eigenvalue weighted by Crippen LogP contribution is 2.27. The van der Waals surface area contributed by atoms with Crippen LogP contribution in [-0.2, 0) is 10.0 Å². The quantitative estimate of drug-likeness (QED) is 0.719. The Morgan fingerprint density at radius 2 is 2.11 bits per heavy atom. The second-order valence-electron chi connectivity index (χ2n) is 4.48. The molecule has 0 aliphatic heterocycles. The molecule has 0 heterocycles. The number of hydrogen-bond acceptors (Lipinski definition) is 4. The predicted octanol–water partition coefficient (Wildman–Crippen LogP) is 1.50. The molecule has 8 heteroatoms. The first-order valence-electron chi connectivity index (χ1n) is 5.54. The van der Waals surface area contributed by atoms with Gasteiger partial charge in [0.2, 0.25) is 10.0 Å². The Bertz CT molecular complexity index is 574. The van der Waals surface area contributed by atoms with Gasteiger partial charge in [-0.05, 0) is 25.5 Å². The van der Waals surface area contributed by atoms with Gasteiger partial charge in [0.05, 0.1) is 22.9 Å². The largest absolute Gasteiger partial charge is 0.396 e. The Hall–Kier alpha value is -0.890. The normalized spacial score (nSPS) is 15.2. The third-order valence-electron chi connectivity index (χ3n) is 2.85. The number of halogens is 2. The van der Waals surface area contributed by atoms with Crippen molar-refractivity contribution >= 4 is 27.3 Å². The number of nitrogens with one attached hydrogen (secondary N) is 1. The van der Waals surface area contributed by atoms with Gasteiger partial charge in [0.1, 0.15) is 10.7 Å². The van der Waals surface area contributed by atoms with E-state index in [2.05, 4.69) is 4.72 Å². The summed E-state index contributed by atoms with van der Waals surface area (Å²) in [5, 5.41) is 8.95. The van der Waals surface area contributed by atoms with E-state index in [0.717, 1.165) is 12.1 Å². The number of nitrogens with two attached hydrogens (primary N) is 1. The van der Waals surface area contributed by atoms with Crippen LogP contribution >= 0.6 is 11.6 Å². The molecule has 0 amide bonds. The standard InChI is InChI=1S/C11H16ClFN2O3S/c1-3-11(2,6-16)15-19(17,18)10-5-9(14)8(13)4-7(10)12/h4-5,15-16H,3,6,14H2,1-2H3. The van der Waals surface area contributed by atoms with Crippen molar-refractivity contribution in [3.05, 3.63) is 23.0 Å². The molecule has 0 aromatic heterocycles. The first kappa shape index (κ1) is 16.2. The SMILES string of the molecule is CCC(C)(CO)NS(=O)(=O)c1cc(N)c(F)cc1Cl. The van der Waals surface area contributed by atoms with Crippen molar-refractivity contribution in [2.45, 2.75) is 30.7 Å². The van der Waals surface area contributed by atoms with Gasteiger partial charge in [-0.2, -0.15) is 0 Å². The van der Waals surface area contributed by atoms with E-state index >= 15 is 0 Å². The zero-order valence-corrected chi connectivity index (χ0v) is 12.1. The topological polar surface area (TPSA) is 92.4 Å². The zero-order valence-electron chi connectivity index (χ0n) is 10.6. The number of rotatable bonds is 5. The van der Waals surface area contributed by atoms with Gasteiger partial charge in [-0.1, -0.05) is 18.5 Å². The van der Waals surface area contributed by atoms with Crippen molar-refractivity contribution in [2.24, 2.45) is 0 Å². The summed E-state index contributed by atoms with van der Waals surface area (Å²) >= 11 is 5.72. The lowest BCUT2D eigenvalue weighted by molar-refractivity contribution is 0.191. The summed E-state index contributed by atoms with van der Waals surface area (Å²) in [6.07, 6.45) is 0.372. The van der Waals surface area contributed by atoms with Crippen molar-refractivity contribution in [2.75, 3.05) is 12.3 Å². The number of hydrogen-bond donors (Lipinski definition) is 3. The molecule has 19 heavy (non-hydrogen) atoms. The number of anilines is 1. The summed E-state index contributed by atoms with van der Waals surface area (Å²) in [4.78, 5) is -0.318. The van der Waals surface area contributed by atoms with Gasteiger partial charge in [0, 0.05) is 0 Å². The fraction of sp³-hybridized carbons (Fsp3) is 0.455. The molecule has 1 aromatic rings. The Morgan fingerprint density at radius 3 is 2.58 bits per heavy atom. The van der Waals surface area contributed by atoms with Gasteiger partial charge in [0.25, 0.3) is 0 Å². The van der Waals surface area contributed by atoms with E-state index < -0.39 is 21.4 Å². The molecule has 0 radical (unpaired) electrons. The maximum absolute atomic E-state index is 13.2. The van der Waals surface area contributed by atoms with E-state index in [4.69, 9.17) is 17.3 Å². The monoisotopic (exact) mass is 310 g/mol. The lowest BCUT2D eigenvalue weighted by atomic mass is 10.0. The van der Waals surface area contributed by atoms with Crippen LogP contribution in [0.5, 0.6) is 0 Å². The van der Waals surface area contributed by atoms with E-state index in [1.54, 1.807) is 13.8 Å². The van der Waals surface area contributed by atoms with Crippen LogP contribution in [0.2, 0.25) is 5.02 Å². The average molecular weight is 311 g/mol. The lowest BCUT2D eigenvalue weighted by Gasteiger charge is -2.27. The van der Waals surface area contributed by atoms with Crippen LogP contribution in [0.1, 0.15) is 20.3 Å². The van der Waals surface area contributed by atoms with Gasteiger partial charge in [0.15, 0.2) is 0 Å². The van der Waals surface area contributed by atoms with E-state index in [9.17, 15) is 17.9 Å². The molecule has 0 spiro atoms. The molecular formula is C11H16ClFN2O3S. The molecule has 0 aliphatic carbocycles. The summed E-state index contributed by atoms with van der Waals surface area (Å²) in [6.45, 7) is 2.89. The van der Waals surface area contributed by atoms with E-state index in [-0.39, 0.29) is 22.2 Å². The fourth-order valence-corrected chi connectivity index (χ4v) is 3.37. The number of aliphatic hydroxyl groups is 1. The maximum Gasteiger partial charge on any atom is 0.242 e. The van der Waals surface area contributed by atoms with Crippen LogP contribution in [0, 0.1) is 5.82 Å². The molecule has 1 atom stereocenters. The van der Waals surface area contributed by atoms with E-state index in [1.165, 1.54) is 0 Å². The Labute approximate surface area is 116 Å². The zero-order chi connectivity index (χ0) is 14.8. The first-order chi connectivity index (χ1) is 8.65. The summed E-state index contributed by atoms with van der Waals surface area (Å²) in [6, 6.07) is 1.79. The fourth-order valence-electron chi connectivity index (χ4n) is 1.35. The molecule has 0 saturated carbocycles. The summed E-state index contributed by atoms with van der Waals surface area (Å²) in [5.74, 6) is -0.788. The molecule has 1 rings (SSSR count). The van der Waals surface area contributed by atoms with Crippen LogP contribution in [0.25, 0.3) is 0 Å². The van der Waals surface area contributed by atoms with Crippen molar-refractivity contribution in [1.82, 2.24) is 4.72 Å². The van der Waals surface area contributed by atoms with Crippen LogP contribution < -0.4 is 10.5 Å². The molecule has 1 aromatic carbocycles. The van der Waals surface area contributed by atoms with Crippen LogP contribution in [-0.4, -0.2) is 25.7 Å². The Balaban J connectivity index is 3.25. The summed E-state index contributed by atoms with van der Waals surface area (Å²) in [7, 11) is -4.00. The number of sulfonamides is 1. The molecule has 0 aliphatic rings. The predicted molar refractivity (Wildman–Crippen MR) is 71.9 cm³/mol. The van der Waals surface area contributed by atoms with Crippen LogP contribution in [0.15, 0.2) is 17.0 Å². The van der Waals surface area contributed by atoms with Gasteiger partial charge >= 0.3 is 0 Å². The van der Waals surface area contributed by atoms with Gasteiger partial charge < -0.3 is 10.8 Å². The highest BCUT2D eigenvalue weighted by molar-refractivity contribution is 7.89. The second kappa shape index (κ2) is 5.62. The molecule has 5 nitrogen and oxygen atoms in total. The van der Waals surface area contributed by atoms with Crippen molar-refractivity contribution in [3.63, 3.8) is 0 Å². The molecule has 0 bridgehead atoms. The third kappa shape index (κ3) is 3.56. The van der Waals surface area contributed by atoms with Crippen LogP contribution in [0.3, 0.4) is 0 Å². The Morgan fingerprint density at radius 1 is 1.53 bits per heavy atom. The number of nitrogen functional groups attached to an aromatic ring is 1. The molecular weight excluding hydrogens is 295 g/mol. The molecule has 108 valence electrons. The van der Waals surface area contributed by atoms with Gasteiger partial charge in [-0.3, -0.25) is 0 Å². The second-order valence-corrected chi connectivity index (χ2v) is 6.54. The maximum atomic E-state index is 13.2. The van der Waals surface area contributed by atoms with E-state index in [1.807, 2.05) is 0 Å². The minimum absolute atomic E-state index is 0.268. The van der Waals surface area contributed by atoms with Gasteiger partial charge in [-0.15, -0.1) is 0 Å². The lowest BCUT2D eigenvalue weighted by Crippen LogP contribution is -2.48. The number of aliphatic hydroxyl groups excluding tert-OH is 1.